The molecule has 0 aromatic rings. The highest BCUT2D eigenvalue weighted by Gasteiger charge is 2.31. The van der Waals surface area contributed by atoms with Crippen LogP contribution in [0, 0.1) is 5.92 Å². The van der Waals surface area contributed by atoms with E-state index in [9.17, 15) is 8.42 Å². The van der Waals surface area contributed by atoms with Crippen molar-refractivity contribution in [2.45, 2.75) is 31.7 Å². The maximum absolute atomic E-state index is 12.2. The maximum Gasteiger partial charge on any atom is 0.279 e. The van der Waals surface area contributed by atoms with Crippen LogP contribution in [0.1, 0.15) is 25.7 Å². The lowest BCUT2D eigenvalue weighted by molar-refractivity contribution is 0.186. The lowest BCUT2D eigenvalue weighted by Gasteiger charge is -2.34. The van der Waals surface area contributed by atoms with Crippen LogP contribution in [0.3, 0.4) is 0 Å². The molecule has 2 saturated heterocycles. The molecule has 6 nitrogen and oxygen atoms in total. The predicted molar refractivity (Wildman–Crippen MR) is 69.2 cm³/mol. The van der Waals surface area contributed by atoms with E-state index in [4.69, 9.17) is 10.5 Å². The predicted octanol–water partition coefficient (Wildman–Crippen LogP) is -0.329. The van der Waals surface area contributed by atoms with E-state index in [0.29, 0.717) is 32.2 Å². The number of hydrogen-bond donors (Lipinski definition) is 2. The van der Waals surface area contributed by atoms with E-state index in [1.807, 2.05) is 0 Å². The second-order valence-corrected chi connectivity index (χ2v) is 6.79. The van der Waals surface area contributed by atoms with E-state index in [0.717, 1.165) is 32.3 Å². The summed E-state index contributed by atoms with van der Waals surface area (Å²) < 4.78 is 33.9. The number of ether oxygens (including phenoxy) is 1. The zero-order chi connectivity index (χ0) is 13.0. The SMILES string of the molecule is NCC1CCCCN1S(=O)(=O)NCC1CCOC1. The molecule has 0 aromatic heterocycles. The minimum atomic E-state index is -3.38. The van der Waals surface area contributed by atoms with Crippen LogP contribution in [0.5, 0.6) is 0 Å². The molecule has 7 heteroatoms. The van der Waals surface area contributed by atoms with Crippen molar-refractivity contribution in [3.8, 4) is 0 Å². The molecular weight excluding hydrogens is 254 g/mol. The van der Waals surface area contributed by atoms with Crippen LogP contribution in [0.4, 0.5) is 0 Å². The fourth-order valence-corrected chi connectivity index (χ4v) is 4.14. The van der Waals surface area contributed by atoms with Crippen LogP contribution < -0.4 is 10.5 Å². The van der Waals surface area contributed by atoms with E-state index < -0.39 is 10.2 Å². The second-order valence-electron chi connectivity index (χ2n) is 5.08. The molecule has 0 bridgehead atoms. The molecule has 18 heavy (non-hydrogen) atoms. The average molecular weight is 277 g/mol. The van der Waals surface area contributed by atoms with Crippen molar-refractivity contribution in [1.82, 2.24) is 9.03 Å². The van der Waals surface area contributed by atoms with Gasteiger partial charge in [0.2, 0.25) is 0 Å². The van der Waals surface area contributed by atoms with Crippen molar-refractivity contribution in [1.29, 1.82) is 0 Å². The van der Waals surface area contributed by atoms with Gasteiger partial charge in [0.1, 0.15) is 0 Å². The number of nitrogens with one attached hydrogen (secondary N) is 1. The van der Waals surface area contributed by atoms with E-state index in [2.05, 4.69) is 4.72 Å². The monoisotopic (exact) mass is 277 g/mol. The van der Waals surface area contributed by atoms with Crippen molar-refractivity contribution >= 4 is 10.2 Å². The molecule has 0 spiro atoms. The summed E-state index contributed by atoms with van der Waals surface area (Å²) in [6.45, 7) is 2.84. The Bertz CT molecular complexity index is 355. The van der Waals surface area contributed by atoms with Gasteiger partial charge in [-0.2, -0.15) is 12.7 Å². The van der Waals surface area contributed by atoms with E-state index in [-0.39, 0.29) is 6.04 Å². The zero-order valence-electron chi connectivity index (χ0n) is 10.7. The Balaban J connectivity index is 1.91. The molecule has 2 aliphatic heterocycles. The summed E-state index contributed by atoms with van der Waals surface area (Å²) in [5.74, 6) is 0.306. The van der Waals surface area contributed by atoms with Gasteiger partial charge in [-0.15, -0.1) is 0 Å². The Hall–Kier alpha value is -0.210. The van der Waals surface area contributed by atoms with Crippen LogP contribution in [0.25, 0.3) is 0 Å². The first kappa shape index (κ1) is 14.2. The third kappa shape index (κ3) is 3.42. The van der Waals surface area contributed by atoms with Crippen molar-refractivity contribution in [3.05, 3.63) is 0 Å². The lowest BCUT2D eigenvalue weighted by atomic mass is 10.1. The Morgan fingerprint density at radius 2 is 2.17 bits per heavy atom. The highest BCUT2D eigenvalue weighted by Crippen LogP contribution is 2.19. The third-order valence-corrected chi connectivity index (χ3v) is 5.36. The fourth-order valence-electron chi connectivity index (χ4n) is 2.58. The van der Waals surface area contributed by atoms with Crippen molar-refractivity contribution in [2.75, 3.05) is 32.8 Å². The quantitative estimate of drug-likeness (QED) is 0.721. The van der Waals surface area contributed by atoms with Gasteiger partial charge >= 0.3 is 0 Å². The maximum atomic E-state index is 12.2. The largest absolute Gasteiger partial charge is 0.381 e. The van der Waals surface area contributed by atoms with Gasteiger partial charge in [0.05, 0.1) is 6.61 Å². The molecular formula is C11H23N3O3S. The molecule has 2 rings (SSSR count). The Morgan fingerprint density at radius 1 is 1.33 bits per heavy atom. The number of nitrogens with zero attached hydrogens (tertiary/aromatic N) is 1. The molecule has 0 radical (unpaired) electrons. The van der Waals surface area contributed by atoms with Gasteiger partial charge in [0.25, 0.3) is 10.2 Å². The van der Waals surface area contributed by atoms with Crippen molar-refractivity contribution in [2.24, 2.45) is 11.7 Å². The molecule has 0 aromatic carbocycles. The molecule has 2 atom stereocenters. The lowest BCUT2D eigenvalue weighted by Crippen LogP contribution is -2.52. The number of piperidine rings is 1. The van der Waals surface area contributed by atoms with Gasteiger partial charge < -0.3 is 10.5 Å². The van der Waals surface area contributed by atoms with Gasteiger partial charge in [-0.1, -0.05) is 6.42 Å². The summed E-state index contributed by atoms with van der Waals surface area (Å²) in [5, 5.41) is 0. The molecule has 2 heterocycles. The highest BCUT2D eigenvalue weighted by molar-refractivity contribution is 7.87. The summed E-state index contributed by atoms with van der Waals surface area (Å²) >= 11 is 0. The molecule has 0 aliphatic carbocycles. The molecule has 3 N–H and O–H groups in total. The summed E-state index contributed by atoms with van der Waals surface area (Å²) in [6, 6.07) is -0.0453. The third-order valence-electron chi connectivity index (χ3n) is 3.73. The molecule has 2 unspecified atom stereocenters. The van der Waals surface area contributed by atoms with Crippen molar-refractivity contribution < 1.29 is 13.2 Å². The minimum Gasteiger partial charge on any atom is -0.381 e. The topological polar surface area (TPSA) is 84.7 Å². The fraction of sp³-hybridized carbons (Fsp3) is 1.00. The first-order valence-electron chi connectivity index (χ1n) is 6.67. The number of nitrogens with two attached hydrogens (primary N) is 1. The molecule has 106 valence electrons. The summed E-state index contributed by atoms with van der Waals surface area (Å²) in [5.41, 5.74) is 5.65. The zero-order valence-corrected chi connectivity index (χ0v) is 11.5. The first-order valence-corrected chi connectivity index (χ1v) is 8.11. The first-order chi connectivity index (χ1) is 8.63. The normalized spacial score (nSPS) is 30.7. The summed E-state index contributed by atoms with van der Waals surface area (Å²) in [4.78, 5) is 0. The number of rotatable bonds is 5. The minimum absolute atomic E-state index is 0.0453. The van der Waals surface area contributed by atoms with Crippen molar-refractivity contribution in [3.63, 3.8) is 0 Å². The average Bonchev–Trinajstić information content (AvgIpc) is 2.89. The van der Waals surface area contributed by atoms with Crippen LogP contribution in [-0.2, 0) is 14.9 Å². The molecule has 0 amide bonds. The molecule has 2 aliphatic rings. The van der Waals surface area contributed by atoms with Crippen LogP contribution in [0.2, 0.25) is 0 Å². The van der Waals surface area contributed by atoms with Crippen LogP contribution in [0.15, 0.2) is 0 Å². The van der Waals surface area contributed by atoms with Gasteiger partial charge in [-0.25, -0.2) is 4.72 Å². The van der Waals surface area contributed by atoms with Gasteiger partial charge in [-0.05, 0) is 25.2 Å². The van der Waals surface area contributed by atoms with E-state index in [1.165, 1.54) is 4.31 Å². The number of hydrogen-bond acceptors (Lipinski definition) is 4. The Morgan fingerprint density at radius 3 is 2.83 bits per heavy atom. The smallest absolute Gasteiger partial charge is 0.279 e. The van der Waals surface area contributed by atoms with E-state index >= 15 is 0 Å². The van der Waals surface area contributed by atoms with Gasteiger partial charge in [-0.3, -0.25) is 0 Å². The van der Waals surface area contributed by atoms with E-state index in [1.54, 1.807) is 0 Å². The summed E-state index contributed by atoms with van der Waals surface area (Å²) in [7, 11) is -3.38. The Kier molecular flexibility index (Phi) is 4.97. The molecule has 0 saturated carbocycles. The Labute approximate surface area is 109 Å². The highest BCUT2D eigenvalue weighted by atomic mass is 32.2. The molecule has 2 fully saturated rings. The second kappa shape index (κ2) is 6.29. The summed E-state index contributed by atoms with van der Waals surface area (Å²) in [6.07, 6.45) is 3.78. The van der Waals surface area contributed by atoms with Crippen LogP contribution >= 0.6 is 0 Å². The standard InChI is InChI=1S/C11H23N3O3S/c12-7-11-3-1-2-5-14(11)18(15,16)13-8-10-4-6-17-9-10/h10-11,13H,1-9,12H2. The van der Waals surface area contributed by atoms with Crippen LogP contribution in [-0.4, -0.2) is 51.6 Å². The van der Waals surface area contributed by atoms with Gasteiger partial charge in [0, 0.05) is 32.3 Å². The van der Waals surface area contributed by atoms with Gasteiger partial charge in [0.15, 0.2) is 0 Å².